The molecule has 2 saturated heterocycles. The summed E-state index contributed by atoms with van der Waals surface area (Å²) in [5, 5.41) is 0. The van der Waals surface area contributed by atoms with E-state index in [1.54, 1.807) is 0 Å². The Bertz CT molecular complexity index is 588. The second kappa shape index (κ2) is 9.28. The molecule has 2 atom stereocenters. The van der Waals surface area contributed by atoms with Gasteiger partial charge in [0, 0.05) is 19.6 Å². The topological polar surface area (TPSA) is 15.7 Å². The van der Waals surface area contributed by atoms with Gasteiger partial charge in [-0.1, -0.05) is 44.2 Å². The summed E-state index contributed by atoms with van der Waals surface area (Å²) in [4.78, 5) is 5.37. The predicted molar refractivity (Wildman–Crippen MR) is 117 cm³/mol. The second-order valence-corrected chi connectivity index (χ2v) is 10.1. The molecule has 0 amide bonds. The molecular formula is C25H40N2O. The molecule has 2 aliphatic heterocycles. The van der Waals surface area contributed by atoms with Gasteiger partial charge < -0.3 is 9.64 Å². The van der Waals surface area contributed by atoms with Crippen LogP contribution in [0.15, 0.2) is 30.3 Å². The molecule has 3 aliphatic rings. The van der Waals surface area contributed by atoms with Crippen LogP contribution in [-0.2, 0) is 11.2 Å². The van der Waals surface area contributed by atoms with E-state index in [4.69, 9.17) is 4.74 Å². The molecule has 0 bridgehead atoms. The maximum atomic E-state index is 5.51. The van der Waals surface area contributed by atoms with E-state index < -0.39 is 0 Å². The van der Waals surface area contributed by atoms with Gasteiger partial charge in [0.15, 0.2) is 0 Å². The van der Waals surface area contributed by atoms with Crippen LogP contribution in [0.25, 0.3) is 0 Å². The lowest BCUT2D eigenvalue weighted by molar-refractivity contribution is -0.0634. The predicted octanol–water partition coefficient (Wildman–Crippen LogP) is 4.33. The van der Waals surface area contributed by atoms with Crippen molar-refractivity contribution in [2.24, 2.45) is 23.2 Å². The summed E-state index contributed by atoms with van der Waals surface area (Å²) in [6, 6.07) is 11.1. The summed E-state index contributed by atoms with van der Waals surface area (Å²) in [5.74, 6) is 2.68. The SMILES string of the molecule is CC1(C)[C@@H](CCN2CCC(Cc3ccccc3)CC2)C[C@H]1CN1CCOCC1. The molecule has 4 rings (SSSR count). The molecule has 1 aliphatic carbocycles. The Balaban J connectivity index is 1.15. The first-order valence-electron chi connectivity index (χ1n) is 11.7. The zero-order valence-corrected chi connectivity index (χ0v) is 18.1. The zero-order chi connectivity index (χ0) is 19.4. The Morgan fingerprint density at radius 2 is 1.64 bits per heavy atom. The van der Waals surface area contributed by atoms with Gasteiger partial charge in [-0.3, -0.25) is 4.90 Å². The van der Waals surface area contributed by atoms with Crippen LogP contribution in [0, 0.1) is 23.2 Å². The summed E-state index contributed by atoms with van der Waals surface area (Å²) in [5.41, 5.74) is 2.03. The summed E-state index contributed by atoms with van der Waals surface area (Å²) < 4.78 is 5.51. The van der Waals surface area contributed by atoms with Crippen LogP contribution >= 0.6 is 0 Å². The van der Waals surface area contributed by atoms with Crippen molar-refractivity contribution in [2.75, 3.05) is 52.5 Å². The third kappa shape index (κ3) is 4.98. The Hall–Kier alpha value is -0.900. The maximum Gasteiger partial charge on any atom is 0.0594 e. The van der Waals surface area contributed by atoms with Crippen LogP contribution in [0.2, 0.25) is 0 Å². The van der Waals surface area contributed by atoms with Gasteiger partial charge in [0.25, 0.3) is 0 Å². The van der Waals surface area contributed by atoms with Crippen molar-refractivity contribution in [2.45, 2.75) is 46.0 Å². The largest absolute Gasteiger partial charge is 0.379 e. The smallest absolute Gasteiger partial charge is 0.0594 e. The average Bonchev–Trinajstić information content (AvgIpc) is 2.73. The number of likely N-dealkylation sites (tertiary alicyclic amines) is 1. The number of ether oxygens (including phenoxy) is 1. The summed E-state index contributed by atoms with van der Waals surface area (Å²) in [6.07, 6.45) is 6.86. The zero-order valence-electron chi connectivity index (χ0n) is 18.1. The quantitative estimate of drug-likeness (QED) is 0.696. The summed E-state index contributed by atoms with van der Waals surface area (Å²) in [6.45, 7) is 14.4. The number of rotatable bonds is 7. The molecule has 0 aromatic heterocycles. The van der Waals surface area contributed by atoms with Crippen LogP contribution in [0.5, 0.6) is 0 Å². The van der Waals surface area contributed by atoms with Gasteiger partial charge in [-0.2, -0.15) is 0 Å². The fourth-order valence-corrected chi connectivity index (χ4v) is 5.72. The lowest BCUT2D eigenvalue weighted by atomic mass is 9.53. The molecule has 3 nitrogen and oxygen atoms in total. The number of nitrogens with zero attached hydrogens (tertiary/aromatic N) is 2. The molecule has 3 heteroatoms. The van der Waals surface area contributed by atoms with Crippen LogP contribution < -0.4 is 0 Å². The van der Waals surface area contributed by atoms with Crippen molar-refractivity contribution in [1.82, 2.24) is 9.80 Å². The fourth-order valence-electron chi connectivity index (χ4n) is 5.72. The van der Waals surface area contributed by atoms with Crippen molar-refractivity contribution >= 4 is 0 Å². The Morgan fingerprint density at radius 3 is 2.32 bits per heavy atom. The van der Waals surface area contributed by atoms with E-state index in [0.717, 1.165) is 44.1 Å². The Kier molecular flexibility index (Phi) is 6.75. The van der Waals surface area contributed by atoms with Crippen molar-refractivity contribution in [3.05, 3.63) is 35.9 Å². The van der Waals surface area contributed by atoms with Crippen molar-refractivity contribution in [3.63, 3.8) is 0 Å². The van der Waals surface area contributed by atoms with E-state index >= 15 is 0 Å². The van der Waals surface area contributed by atoms with E-state index in [1.807, 2.05) is 0 Å². The number of morpholine rings is 1. The molecule has 1 saturated carbocycles. The lowest BCUT2D eigenvalue weighted by Gasteiger charge is -2.54. The van der Waals surface area contributed by atoms with E-state index in [9.17, 15) is 0 Å². The molecule has 0 spiro atoms. The maximum absolute atomic E-state index is 5.51. The Morgan fingerprint density at radius 1 is 0.929 bits per heavy atom. The lowest BCUT2D eigenvalue weighted by Crippen LogP contribution is -2.52. The van der Waals surface area contributed by atoms with Crippen molar-refractivity contribution in [3.8, 4) is 0 Å². The molecule has 0 radical (unpaired) electrons. The third-order valence-corrected chi connectivity index (χ3v) is 8.12. The molecule has 1 aromatic rings. The van der Waals surface area contributed by atoms with Crippen LogP contribution in [0.3, 0.4) is 0 Å². The molecular weight excluding hydrogens is 344 g/mol. The number of hydrogen-bond donors (Lipinski definition) is 0. The minimum Gasteiger partial charge on any atom is -0.379 e. The molecule has 2 heterocycles. The van der Waals surface area contributed by atoms with Crippen molar-refractivity contribution < 1.29 is 4.74 Å². The highest BCUT2D eigenvalue weighted by Gasteiger charge is 2.47. The van der Waals surface area contributed by atoms with Crippen LogP contribution in [-0.4, -0.2) is 62.3 Å². The normalized spacial score (nSPS) is 29.5. The molecule has 156 valence electrons. The highest BCUT2D eigenvalue weighted by atomic mass is 16.5. The molecule has 1 aromatic carbocycles. The van der Waals surface area contributed by atoms with Crippen LogP contribution in [0.4, 0.5) is 0 Å². The van der Waals surface area contributed by atoms with Gasteiger partial charge in [-0.05, 0) is 80.5 Å². The van der Waals surface area contributed by atoms with E-state index in [-0.39, 0.29) is 0 Å². The first-order valence-corrected chi connectivity index (χ1v) is 11.7. The highest BCUT2D eigenvalue weighted by molar-refractivity contribution is 5.15. The first kappa shape index (κ1) is 20.4. The molecule has 0 N–H and O–H groups in total. The number of piperidine rings is 1. The van der Waals surface area contributed by atoms with Gasteiger partial charge in [0.2, 0.25) is 0 Å². The van der Waals surface area contributed by atoms with Gasteiger partial charge in [0.05, 0.1) is 13.2 Å². The summed E-state index contributed by atoms with van der Waals surface area (Å²) >= 11 is 0. The fraction of sp³-hybridized carbons (Fsp3) is 0.760. The van der Waals surface area contributed by atoms with Gasteiger partial charge in [-0.25, -0.2) is 0 Å². The minimum atomic E-state index is 0.518. The van der Waals surface area contributed by atoms with Gasteiger partial charge in [-0.15, -0.1) is 0 Å². The van der Waals surface area contributed by atoms with Gasteiger partial charge in [0.1, 0.15) is 0 Å². The van der Waals surface area contributed by atoms with Crippen LogP contribution in [0.1, 0.15) is 45.1 Å². The highest BCUT2D eigenvalue weighted by Crippen LogP contribution is 2.53. The second-order valence-electron chi connectivity index (χ2n) is 10.1. The average molecular weight is 385 g/mol. The standard InChI is InChI=1S/C25H40N2O/c1-25(2)23(19-24(25)20-27-14-16-28-17-15-27)10-13-26-11-8-22(9-12-26)18-21-6-4-3-5-7-21/h3-7,22-24H,8-20H2,1-2H3/t23-,24-/m0/s1. The monoisotopic (exact) mass is 384 g/mol. The van der Waals surface area contributed by atoms with Crippen molar-refractivity contribution in [1.29, 1.82) is 0 Å². The molecule has 0 unspecified atom stereocenters. The van der Waals surface area contributed by atoms with Gasteiger partial charge >= 0.3 is 0 Å². The van der Waals surface area contributed by atoms with E-state index in [0.29, 0.717) is 5.41 Å². The number of benzene rings is 1. The summed E-state index contributed by atoms with van der Waals surface area (Å²) in [7, 11) is 0. The number of hydrogen-bond acceptors (Lipinski definition) is 3. The molecule has 3 fully saturated rings. The minimum absolute atomic E-state index is 0.518. The Labute approximate surface area is 172 Å². The molecule has 28 heavy (non-hydrogen) atoms. The first-order chi connectivity index (χ1) is 13.6. The van der Waals surface area contributed by atoms with E-state index in [2.05, 4.69) is 54.0 Å². The third-order valence-electron chi connectivity index (χ3n) is 8.12. The van der Waals surface area contributed by atoms with E-state index in [1.165, 1.54) is 63.8 Å².